The van der Waals surface area contributed by atoms with E-state index in [9.17, 15) is 4.79 Å². The summed E-state index contributed by atoms with van der Waals surface area (Å²) in [7, 11) is 0. The van der Waals surface area contributed by atoms with E-state index in [1.54, 1.807) is 0 Å². The molecule has 0 bridgehead atoms. The summed E-state index contributed by atoms with van der Waals surface area (Å²) in [6.45, 7) is 5.08. The predicted octanol–water partition coefficient (Wildman–Crippen LogP) is 2.10. The lowest BCUT2D eigenvalue weighted by molar-refractivity contribution is 0.157. The minimum absolute atomic E-state index is 0.164. The van der Waals surface area contributed by atoms with Crippen LogP contribution in [0.15, 0.2) is 0 Å². The van der Waals surface area contributed by atoms with E-state index in [4.69, 9.17) is 0 Å². The van der Waals surface area contributed by atoms with Crippen molar-refractivity contribution in [1.29, 1.82) is 0 Å². The number of carbonyl (C=O) groups excluding carboxylic acids is 1. The third-order valence-electron chi connectivity index (χ3n) is 4.12. The van der Waals surface area contributed by atoms with Crippen molar-refractivity contribution in [3.63, 3.8) is 0 Å². The molecule has 0 aromatic rings. The Morgan fingerprint density at radius 1 is 1.28 bits per heavy atom. The van der Waals surface area contributed by atoms with Gasteiger partial charge in [-0.1, -0.05) is 19.8 Å². The topological polar surface area (TPSA) is 44.4 Å². The number of piperidine rings is 1. The molecule has 4 nitrogen and oxygen atoms in total. The first-order chi connectivity index (χ1) is 8.81. The van der Waals surface area contributed by atoms with Crippen molar-refractivity contribution in [1.82, 2.24) is 15.5 Å². The zero-order valence-electron chi connectivity index (χ0n) is 11.6. The number of nitrogens with one attached hydrogen (secondary N) is 2. The van der Waals surface area contributed by atoms with Crippen molar-refractivity contribution >= 4 is 6.03 Å². The van der Waals surface area contributed by atoms with Crippen molar-refractivity contribution in [2.45, 2.75) is 64.0 Å². The molecule has 18 heavy (non-hydrogen) atoms. The molecule has 2 N–H and O–H groups in total. The number of hydrogen-bond donors (Lipinski definition) is 2. The van der Waals surface area contributed by atoms with Crippen LogP contribution in [0.4, 0.5) is 4.79 Å². The van der Waals surface area contributed by atoms with Crippen LogP contribution >= 0.6 is 0 Å². The van der Waals surface area contributed by atoms with Crippen LogP contribution in [-0.4, -0.2) is 42.6 Å². The Morgan fingerprint density at radius 3 is 2.67 bits per heavy atom. The van der Waals surface area contributed by atoms with Gasteiger partial charge in [-0.25, -0.2) is 4.79 Å². The molecule has 1 heterocycles. The average Bonchev–Trinajstić information content (AvgIpc) is 2.89. The first kappa shape index (κ1) is 13.7. The van der Waals surface area contributed by atoms with Crippen LogP contribution in [0.25, 0.3) is 0 Å². The number of hydrogen-bond acceptors (Lipinski definition) is 2. The van der Waals surface area contributed by atoms with Gasteiger partial charge < -0.3 is 15.5 Å². The van der Waals surface area contributed by atoms with Crippen LogP contribution in [0.3, 0.4) is 0 Å². The van der Waals surface area contributed by atoms with E-state index in [0.717, 1.165) is 45.3 Å². The van der Waals surface area contributed by atoms with Crippen molar-refractivity contribution in [3.05, 3.63) is 0 Å². The molecule has 2 fully saturated rings. The Hall–Kier alpha value is -0.770. The first-order valence-electron chi connectivity index (χ1n) is 7.59. The Balaban J connectivity index is 1.87. The molecule has 1 atom stereocenters. The largest absolute Gasteiger partial charge is 0.335 e. The second kappa shape index (κ2) is 6.98. The van der Waals surface area contributed by atoms with Gasteiger partial charge in [-0.05, 0) is 38.6 Å². The molecule has 2 aliphatic rings. The standard InChI is InChI=1S/C14H27N3O/c1-2-10-17(13-8-5-9-15-11-13)14(18)16-12-6-3-4-7-12/h12-13,15H,2-11H2,1H3,(H,16,18). The van der Waals surface area contributed by atoms with Crippen molar-refractivity contribution < 1.29 is 4.79 Å². The van der Waals surface area contributed by atoms with Gasteiger partial charge in [0, 0.05) is 25.2 Å². The van der Waals surface area contributed by atoms with Gasteiger partial charge >= 0.3 is 6.03 Å². The summed E-state index contributed by atoms with van der Waals surface area (Å²) < 4.78 is 0. The zero-order chi connectivity index (χ0) is 12.8. The summed E-state index contributed by atoms with van der Waals surface area (Å²) in [5, 5.41) is 6.62. The molecule has 0 radical (unpaired) electrons. The normalized spacial score (nSPS) is 25.1. The highest BCUT2D eigenvalue weighted by molar-refractivity contribution is 5.75. The first-order valence-corrected chi connectivity index (χ1v) is 7.59. The molecular weight excluding hydrogens is 226 g/mol. The molecule has 1 aliphatic heterocycles. The fourth-order valence-corrected chi connectivity index (χ4v) is 3.12. The minimum atomic E-state index is 0.164. The van der Waals surface area contributed by atoms with Gasteiger partial charge in [-0.3, -0.25) is 0 Å². The second-order valence-electron chi connectivity index (χ2n) is 5.62. The molecule has 1 saturated heterocycles. The van der Waals surface area contributed by atoms with Crippen molar-refractivity contribution in [2.24, 2.45) is 0 Å². The summed E-state index contributed by atoms with van der Waals surface area (Å²) in [6.07, 6.45) is 8.22. The van der Waals surface area contributed by atoms with Crippen LogP contribution in [0.5, 0.6) is 0 Å². The van der Waals surface area contributed by atoms with Crippen LogP contribution in [0.1, 0.15) is 51.9 Å². The quantitative estimate of drug-likeness (QED) is 0.806. The number of nitrogens with zero attached hydrogens (tertiary/aromatic N) is 1. The van der Waals surface area contributed by atoms with E-state index in [1.807, 2.05) is 0 Å². The molecule has 4 heteroatoms. The SMILES string of the molecule is CCCN(C(=O)NC1CCCC1)C1CCCNC1. The second-order valence-corrected chi connectivity index (χ2v) is 5.62. The predicted molar refractivity (Wildman–Crippen MR) is 73.7 cm³/mol. The summed E-state index contributed by atoms with van der Waals surface area (Å²) in [4.78, 5) is 14.4. The average molecular weight is 253 g/mol. The molecule has 0 aromatic carbocycles. The highest BCUT2D eigenvalue weighted by atomic mass is 16.2. The van der Waals surface area contributed by atoms with Gasteiger partial charge in [0.25, 0.3) is 0 Å². The van der Waals surface area contributed by atoms with Crippen molar-refractivity contribution in [3.8, 4) is 0 Å². The Labute approximate surface area is 110 Å². The summed E-state index contributed by atoms with van der Waals surface area (Å²) in [5.41, 5.74) is 0. The molecule has 104 valence electrons. The fourth-order valence-electron chi connectivity index (χ4n) is 3.12. The van der Waals surface area contributed by atoms with E-state index in [1.165, 1.54) is 19.3 Å². The summed E-state index contributed by atoms with van der Waals surface area (Å²) >= 11 is 0. The zero-order valence-corrected chi connectivity index (χ0v) is 11.6. The number of urea groups is 1. The molecule has 0 aromatic heterocycles. The molecule has 1 aliphatic carbocycles. The third kappa shape index (κ3) is 3.61. The van der Waals surface area contributed by atoms with Gasteiger partial charge in [0.1, 0.15) is 0 Å². The van der Waals surface area contributed by atoms with Crippen LogP contribution in [0, 0.1) is 0 Å². The number of rotatable bonds is 4. The molecule has 0 spiro atoms. The Kier molecular flexibility index (Phi) is 5.29. The Morgan fingerprint density at radius 2 is 2.06 bits per heavy atom. The monoisotopic (exact) mass is 253 g/mol. The molecule has 1 saturated carbocycles. The highest BCUT2D eigenvalue weighted by Gasteiger charge is 2.26. The minimum Gasteiger partial charge on any atom is -0.335 e. The van der Waals surface area contributed by atoms with Gasteiger partial charge in [0.15, 0.2) is 0 Å². The lowest BCUT2D eigenvalue weighted by Gasteiger charge is -2.35. The van der Waals surface area contributed by atoms with E-state index in [2.05, 4.69) is 22.5 Å². The van der Waals surface area contributed by atoms with E-state index < -0.39 is 0 Å². The number of carbonyl (C=O) groups is 1. The van der Waals surface area contributed by atoms with Gasteiger partial charge in [-0.15, -0.1) is 0 Å². The third-order valence-corrected chi connectivity index (χ3v) is 4.12. The lowest BCUT2D eigenvalue weighted by atomic mass is 10.1. The Bertz CT molecular complexity index is 258. The fraction of sp³-hybridized carbons (Fsp3) is 0.929. The van der Waals surface area contributed by atoms with Crippen LogP contribution in [-0.2, 0) is 0 Å². The van der Waals surface area contributed by atoms with E-state index >= 15 is 0 Å². The maximum absolute atomic E-state index is 12.4. The van der Waals surface area contributed by atoms with Crippen LogP contribution < -0.4 is 10.6 Å². The van der Waals surface area contributed by atoms with Gasteiger partial charge in [0.05, 0.1) is 0 Å². The number of amides is 2. The summed E-state index contributed by atoms with van der Waals surface area (Å²) in [6, 6.07) is 0.978. The van der Waals surface area contributed by atoms with Gasteiger partial charge in [0.2, 0.25) is 0 Å². The molecule has 2 amide bonds. The maximum Gasteiger partial charge on any atom is 0.317 e. The molecular formula is C14H27N3O. The van der Waals surface area contributed by atoms with Gasteiger partial charge in [-0.2, -0.15) is 0 Å². The molecule has 1 unspecified atom stereocenters. The smallest absolute Gasteiger partial charge is 0.317 e. The highest BCUT2D eigenvalue weighted by Crippen LogP contribution is 2.19. The van der Waals surface area contributed by atoms with E-state index in [-0.39, 0.29) is 6.03 Å². The summed E-state index contributed by atoms with van der Waals surface area (Å²) in [5.74, 6) is 0. The van der Waals surface area contributed by atoms with Crippen LogP contribution in [0.2, 0.25) is 0 Å². The van der Waals surface area contributed by atoms with E-state index in [0.29, 0.717) is 12.1 Å². The maximum atomic E-state index is 12.4. The molecule has 2 rings (SSSR count). The lowest BCUT2D eigenvalue weighted by Crippen LogP contribution is -2.53. The van der Waals surface area contributed by atoms with Crippen molar-refractivity contribution in [2.75, 3.05) is 19.6 Å².